The molecule has 0 aromatic heterocycles. The van der Waals surface area contributed by atoms with Crippen LogP contribution >= 0.6 is 0 Å². The average Bonchev–Trinajstić information content (AvgIpc) is 3.19. The van der Waals surface area contributed by atoms with Gasteiger partial charge in [-0.2, -0.15) is 0 Å². The predicted molar refractivity (Wildman–Crippen MR) is 145 cm³/mol. The van der Waals surface area contributed by atoms with E-state index in [4.69, 9.17) is 14.2 Å². The molecule has 4 rings (SSSR count). The van der Waals surface area contributed by atoms with E-state index in [2.05, 4.69) is 11.8 Å². The number of hydrogen-bond donors (Lipinski definition) is 1. The number of rotatable bonds is 11. The zero-order chi connectivity index (χ0) is 27.1. The van der Waals surface area contributed by atoms with Gasteiger partial charge in [-0.3, -0.25) is 14.5 Å². The molecule has 2 aromatic carbocycles. The minimum atomic E-state index is -0.702. The number of carbonyl (C=O) groups is 2. The van der Waals surface area contributed by atoms with Crippen molar-refractivity contribution in [2.45, 2.75) is 39.2 Å². The molecular formula is C30H38N2O6. The number of likely N-dealkylation sites (tertiary alicyclic amines) is 1. The van der Waals surface area contributed by atoms with Crippen molar-refractivity contribution in [1.82, 2.24) is 9.80 Å². The third-order valence-electron chi connectivity index (χ3n) is 7.20. The first-order valence-electron chi connectivity index (χ1n) is 13.4. The van der Waals surface area contributed by atoms with Crippen LogP contribution in [-0.2, 0) is 14.3 Å². The number of hydrogen-bond acceptors (Lipinski definition) is 7. The highest BCUT2D eigenvalue weighted by Gasteiger charge is 2.46. The van der Waals surface area contributed by atoms with Gasteiger partial charge in [-0.15, -0.1) is 0 Å². The van der Waals surface area contributed by atoms with Crippen molar-refractivity contribution in [3.05, 3.63) is 64.7 Å². The van der Waals surface area contributed by atoms with E-state index in [-0.39, 0.29) is 11.3 Å². The maximum absolute atomic E-state index is 13.4. The molecule has 2 fully saturated rings. The van der Waals surface area contributed by atoms with Gasteiger partial charge in [-0.1, -0.05) is 31.9 Å². The van der Waals surface area contributed by atoms with E-state index in [1.807, 2.05) is 31.2 Å². The lowest BCUT2D eigenvalue weighted by Gasteiger charge is -2.31. The quantitative estimate of drug-likeness (QED) is 0.203. The zero-order valence-electron chi connectivity index (χ0n) is 22.6. The lowest BCUT2D eigenvalue weighted by molar-refractivity contribution is -0.140. The van der Waals surface area contributed by atoms with Gasteiger partial charge >= 0.3 is 0 Å². The van der Waals surface area contributed by atoms with Crippen molar-refractivity contribution in [2.24, 2.45) is 0 Å². The first-order valence-corrected chi connectivity index (χ1v) is 13.4. The van der Waals surface area contributed by atoms with E-state index in [9.17, 15) is 14.7 Å². The second kappa shape index (κ2) is 12.9. The van der Waals surface area contributed by atoms with E-state index < -0.39 is 17.7 Å². The highest BCUT2D eigenvalue weighted by molar-refractivity contribution is 6.46. The van der Waals surface area contributed by atoms with Crippen molar-refractivity contribution >= 4 is 17.4 Å². The Morgan fingerprint density at radius 3 is 2.39 bits per heavy atom. The lowest BCUT2D eigenvalue weighted by Crippen LogP contribution is -2.42. The number of amides is 1. The van der Waals surface area contributed by atoms with Crippen molar-refractivity contribution in [3.63, 3.8) is 0 Å². The van der Waals surface area contributed by atoms with Crippen molar-refractivity contribution in [2.75, 3.05) is 53.1 Å². The molecule has 0 bridgehead atoms. The Hall–Kier alpha value is -3.36. The summed E-state index contributed by atoms with van der Waals surface area (Å²) in [7, 11) is 1.57. The van der Waals surface area contributed by atoms with Gasteiger partial charge < -0.3 is 24.2 Å². The summed E-state index contributed by atoms with van der Waals surface area (Å²) in [6, 6.07) is 12.0. The Morgan fingerprint density at radius 2 is 1.74 bits per heavy atom. The number of carbonyl (C=O) groups excluding carboxylic acids is 2. The molecule has 0 aliphatic carbocycles. The molecule has 2 aliphatic heterocycles. The number of aliphatic hydroxyl groups excluding tert-OH is 1. The number of aliphatic hydroxyl groups is 1. The Labute approximate surface area is 224 Å². The van der Waals surface area contributed by atoms with Crippen molar-refractivity contribution in [3.8, 4) is 11.5 Å². The Morgan fingerprint density at radius 1 is 1.03 bits per heavy atom. The number of unbranched alkanes of at least 4 members (excludes halogenated alkanes) is 2. The van der Waals surface area contributed by atoms with Gasteiger partial charge in [0.25, 0.3) is 11.7 Å². The van der Waals surface area contributed by atoms with Gasteiger partial charge in [0.05, 0.1) is 38.5 Å². The van der Waals surface area contributed by atoms with Crippen LogP contribution in [0.15, 0.2) is 48.0 Å². The summed E-state index contributed by atoms with van der Waals surface area (Å²) in [5.74, 6) is -0.0695. The van der Waals surface area contributed by atoms with Crippen molar-refractivity contribution < 1.29 is 28.9 Å². The molecule has 1 amide bonds. The van der Waals surface area contributed by atoms with Gasteiger partial charge in [0, 0.05) is 31.7 Å². The van der Waals surface area contributed by atoms with Crippen LogP contribution < -0.4 is 9.47 Å². The first-order chi connectivity index (χ1) is 18.4. The highest BCUT2D eigenvalue weighted by atomic mass is 16.5. The SMILES string of the molecule is CCCCCOc1ccc(C2/C(=C(\O)c3ccc(OC)cc3C)C(=O)C(=O)N2CCN2CCOCC2)cc1. The first kappa shape index (κ1) is 27.7. The second-order valence-electron chi connectivity index (χ2n) is 9.75. The minimum absolute atomic E-state index is 0.0989. The van der Waals surface area contributed by atoms with Crippen LogP contribution in [0.1, 0.15) is 48.9 Å². The number of aryl methyl sites for hydroxylation is 1. The van der Waals surface area contributed by atoms with Crippen LogP contribution in [0, 0.1) is 6.92 Å². The predicted octanol–water partition coefficient (Wildman–Crippen LogP) is 4.33. The van der Waals surface area contributed by atoms with Crippen molar-refractivity contribution in [1.29, 1.82) is 0 Å². The van der Waals surface area contributed by atoms with Crippen LogP contribution in [0.5, 0.6) is 11.5 Å². The molecule has 8 heteroatoms. The topological polar surface area (TPSA) is 88.5 Å². The van der Waals surface area contributed by atoms with Gasteiger partial charge in [-0.05, 0) is 54.8 Å². The molecule has 1 N–H and O–H groups in total. The molecule has 2 aliphatic rings. The normalized spacial score (nSPS) is 19.7. The standard InChI is InChI=1S/C30H38N2O6/c1-4-5-6-17-38-23-9-7-22(8-10-23)27-26(28(33)25-12-11-24(36-3)20-21(25)2)29(34)30(35)32(27)14-13-31-15-18-37-19-16-31/h7-12,20,27,33H,4-6,13-19H2,1-3H3/b28-26+. The fourth-order valence-corrected chi connectivity index (χ4v) is 4.99. The molecule has 8 nitrogen and oxygen atoms in total. The maximum atomic E-state index is 13.4. The number of nitrogens with zero attached hydrogens (tertiary/aromatic N) is 2. The molecule has 1 unspecified atom stereocenters. The Bertz CT molecular complexity index is 1150. The fraction of sp³-hybridized carbons (Fsp3) is 0.467. The molecule has 2 aromatic rings. The third-order valence-corrected chi connectivity index (χ3v) is 7.20. The second-order valence-corrected chi connectivity index (χ2v) is 9.75. The highest BCUT2D eigenvalue weighted by Crippen LogP contribution is 2.40. The van der Waals surface area contributed by atoms with Crippen LogP contribution in [0.3, 0.4) is 0 Å². The maximum Gasteiger partial charge on any atom is 0.295 e. The van der Waals surface area contributed by atoms with Crippen LogP contribution in [0.2, 0.25) is 0 Å². The molecule has 2 heterocycles. The molecule has 1 atom stereocenters. The molecule has 0 radical (unpaired) electrons. The molecule has 2 saturated heterocycles. The van der Waals surface area contributed by atoms with E-state index in [0.29, 0.717) is 44.2 Å². The van der Waals surface area contributed by atoms with Gasteiger partial charge in [0.1, 0.15) is 17.3 Å². The van der Waals surface area contributed by atoms with E-state index in [1.165, 1.54) is 0 Å². The number of morpholine rings is 1. The monoisotopic (exact) mass is 522 g/mol. The summed E-state index contributed by atoms with van der Waals surface area (Å²) in [5.41, 5.74) is 2.09. The number of benzene rings is 2. The smallest absolute Gasteiger partial charge is 0.295 e. The largest absolute Gasteiger partial charge is 0.507 e. The molecule has 0 spiro atoms. The number of ether oxygens (including phenoxy) is 3. The summed E-state index contributed by atoms with van der Waals surface area (Å²) >= 11 is 0. The van der Waals surface area contributed by atoms with Gasteiger partial charge in [-0.25, -0.2) is 0 Å². The van der Waals surface area contributed by atoms with Gasteiger partial charge in [0.15, 0.2) is 0 Å². The third kappa shape index (κ3) is 6.19. The number of Topliss-reactive ketones (excluding diaryl/α,β-unsaturated/α-hetero) is 1. The fourth-order valence-electron chi connectivity index (χ4n) is 4.99. The van der Waals surface area contributed by atoms with Crippen LogP contribution in [0.25, 0.3) is 5.76 Å². The molecular weight excluding hydrogens is 484 g/mol. The molecule has 38 heavy (non-hydrogen) atoms. The summed E-state index contributed by atoms with van der Waals surface area (Å²) in [5, 5.41) is 11.4. The lowest BCUT2D eigenvalue weighted by atomic mass is 9.94. The Balaban J connectivity index is 1.68. The Kier molecular flexibility index (Phi) is 9.42. The molecule has 204 valence electrons. The van der Waals surface area contributed by atoms with Gasteiger partial charge in [0.2, 0.25) is 0 Å². The van der Waals surface area contributed by atoms with Crippen LogP contribution in [-0.4, -0.2) is 79.7 Å². The number of ketones is 1. The minimum Gasteiger partial charge on any atom is -0.507 e. The number of methoxy groups -OCH3 is 1. The van der Waals surface area contributed by atoms with Crippen LogP contribution in [0.4, 0.5) is 0 Å². The summed E-state index contributed by atoms with van der Waals surface area (Å²) in [4.78, 5) is 30.5. The summed E-state index contributed by atoms with van der Waals surface area (Å²) < 4.78 is 16.6. The van der Waals surface area contributed by atoms with E-state index in [1.54, 1.807) is 30.2 Å². The average molecular weight is 523 g/mol. The molecule has 0 saturated carbocycles. The van der Waals surface area contributed by atoms with E-state index >= 15 is 0 Å². The summed E-state index contributed by atoms with van der Waals surface area (Å²) in [6.45, 7) is 8.48. The summed E-state index contributed by atoms with van der Waals surface area (Å²) in [6.07, 6.45) is 3.22. The zero-order valence-corrected chi connectivity index (χ0v) is 22.6. The van der Waals surface area contributed by atoms with E-state index in [0.717, 1.165) is 49.2 Å².